The van der Waals surface area contributed by atoms with Crippen LogP contribution in [0.25, 0.3) is 0 Å². The molecule has 0 bridgehead atoms. The molecule has 0 radical (unpaired) electrons. The molecule has 1 N–H and O–H groups in total. The van der Waals surface area contributed by atoms with Crippen LogP contribution in [0.4, 0.5) is 10.1 Å². The minimum absolute atomic E-state index is 0.0540. The monoisotopic (exact) mass is 378 g/mol. The number of ether oxygens (including phenoxy) is 1. The van der Waals surface area contributed by atoms with Gasteiger partial charge in [-0.3, -0.25) is 4.79 Å². The Hall–Kier alpha value is -2.29. The highest BCUT2D eigenvalue weighted by Crippen LogP contribution is 2.20. The number of halogens is 1. The Balaban J connectivity index is 1.81. The van der Waals surface area contributed by atoms with Gasteiger partial charge in [0.05, 0.1) is 17.6 Å². The largest absolute Gasteiger partial charge is 0.376 e. The molecule has 1 saturated heterocycles. The highest BCUT2D eigenvalue weighted by molar-refractivity contribution is 7.89. The molecule has 6 nitrogen and oxygen atoms in total. The molecule has 1 unspecified atom stereocenters. The summed E-state index contributed by atoms with van der Waals surface area (Å²) in [6.07, 6.45) is -0.177. The fourth-order valence-corrected chi connectivity index (χ4v) is 4.23. The van der Waals surface area contributed by atoms with E-state index in [4.69, 9.17) is 4.74 Å². The van der Waals surface area contributed by atoms with Crippen LogP contribution < -0.4 is 5.32 Å². The van der Waals surface area contributed by atoms with Gasteiger partial charge in [-0.25, -0.2) is 12.8 Å². The SMILES string of the molecule is CC1CN(S(=O)(=O)c2cccc(C(=O)Nc3ccc(F)cc3)c2)CCO1. The van der Waals surface area contributed by atoms with Crippen LogP contribution in [-0.2, 0) is 14.8 Å². The van der Waals surface area contributed by atoms with Crippen LogP contribution in [-0.4, -0.2) is 44.4 Å². The molecule has 1 fully saturated rings. The first-order chi connectivity index (χ1) is 12.4. The van der Waals surface area contributed by atoms with Gasteiger partial charge in [0.15, 0.2) is 0 Å². The van der Waals surface area contributed by atoms with Gasteiger partial charge in [-0.2, -0.15) is 4.31 Å². The van der Waals surface area contributed by atoms with Gasteiger partial charge in [0.25, 0.3) is 5.91 Å². The summed E-state index contributed by atoms with van der Waals surface area (Å²) in [7, 11) is -3.71. The number of hydrogen-bond donors (Lipinski definition) is 1. The Morgan fingerprint density at radius 3 is 2.65 bits per heavy atom. The number of rotatable bonds is 4. The van der Waals surface area contributed by atoms with Crippen LogP contribution in [0.5, 0.6) is 0 Å². The topological polar surface area (TPSA) is 75.7 Å². The van der Waals surface area contributed by atoms with Crippen molar-refractivity contribution in [2.24, 2.45) is 0 Å². The van der Waals surface area contributed by atoms with E-state index in [9.17, 15) is 17.6 Å². The smallest absolute Gasteiger partial charge is 0.255 e. The first-order valence-electron chi connectivity index (χ1n) is 8.15. The van der Waals surface area contributed by atoms with Crippen molar-refractivity contribution < 1.29 is 22.3 Å². The molecule has 0 spiro atoms. The summed E-state index contributed by atoms with van der Waals surface area (Å²) in [6.45, 7) is 2.70. The van der Waals surface area contributed by atoms with Gasteiger partial charge in [-0.15, -0.1) is 0 Å². The summed E-state index contributed by atoms with van der Waals surface area (Å²) in [5.41, 5.74) is 0.628. The zero-order valence-corrected chi connectivity index (χ0v) is 15.0. The Kier molecular flexibility index (Phi) is 5.36. The van der Waals surface area contributed by atoms with E-state index in [0.717, 1.165) is 0 Å². The molecule has 26 heavy (non-hydrogen) atoms. The summed E-state index contributed by atoms with van der Waals surface area (Å²) in [4.78, 5) is 12.4. The molecule has 2 aromatic carbocycles. The van der Waals surface area contributed by atoms with Crippen LogP contribution in [0.2, 0.25) is 0 Å². The number of morpholine rings is 1. The molecule has 2 aromatic rings. The number of benzene rings is 2. The average molecular weight is 378 g/mol. The molecule has 1 atom stereocenters. The third-order valence-electron chi connectivity index (χ3n) is 4.04. The van der Waals surface area contributed by atoms with E-state index >= 15 is 0 Å². The van der Waals surface area contributed by atoms with Crippen LogP contribution in [0.3, 0.4) is 0 Å². The van der Waals surface area contributed by atoms with Gasteiger partial charge >= 0.3 is 0 Å². The fraction of sp³-hybridized carbons (Fsp3) is 0.278. The van der Waals surface area contributed by atoms with E-state index in [1.807, 2.05) is 6.92 Å². The predicted molar refractivity (Wildman–Crippen MR) is 95.0 cm³/mol. The molecule has 8 heteroatoms. The normalized spacial score (nSPS) is 18.5. The molecule has 0 aliphatic carbocycles. The molecule has 1 amide bonds. The van der Waals surface area contributed by atoms with Crippen LogP contribution >= 0.6 is 0 Å². The van der Waals surface area contributed by atoms with Crippen molar-refractivity contribution in [3.05, 3.63) is 59.9 Å². The molecule has 0 aromatic heterocycles. The van der Waals surface area contributed by atoms with Crippen LogP contribution in [0.1, 0.15) is 17.3 Å². The molecule has 1 aliphatic rings. The second-order valence-electron chi connectivity index (χ2n) is 6.03. The van der Waals surface area contributed by atoms with Gasteiger partial charge < -0.3 is 10.1 Å². The zero-order valence-electron chi connectivity index (χ0n) is 14.2. The Morgan fingerprint density at radius 1 is 1.23 bits per heavy atom. The lowest BCUT2D eigenvalue weighted by Gasteiger charge is -2.30. The van der Waals surface area contributed by atoms with Crippen molar-refractivity contribution >= 4 is 21.6 Å². The maximum atomic E-state index is 12.9. The van der Waals surface area contributed by atoms with E-state index in [-0.39, 0.29) is 29.7 Å². The first-order valence-corrected chi connectivity index (χ1v) is 9.59. The molecule has 138 valence electrons. The van der Waals surface area contributed by atoms with Crippen molar-refractivity contribution in [2.45, 2.75) is 17.9 Å². The zero-order chi connectivity index (χ0) is 18.7. The lowest BCUT2D eigenvalue weighted by molar-refractivity contribution is 0.0102. The van der Waals surface area contributed by atoms with E-state index in [0.29, 0.717) is 12.3 Å². The molecular formula is C18H19FN2O4S. The third kappa shape index (κ3) is 4.09. The molecule has 0 saturated carbocycles. The summed E-state index contributed by atoms with van der Waals surface area (Å²) < 4.78 is 45.3. The Bertz CT molecular complexity index is 900. The second-order valence-corrected chi connectivity index (χ2v) is 7.97. The maximum absolute atomic E-state index is 12.9. The first kappa shape index (κ1) is 18.5. The van der Waals surface area contributed by atoms with Gasteiger partial charge in [-0.1, -0.05) is 6.07 Å². The average Bonchev–Trinajstić information content (AvgIpc) is 2.63. The number of carbonyl (C=O) groups excluding carboxylic acids is 1. The highest BCUT2D eigenvalue weighted by atomic mass is 32.2. The second kappa shape index (κ2) is 7.53. The fourth-order valence-electron chi connectivity index (χ4n) is 2.69. The minimum atomic E-state index is -3.71. The summed E-state index contributed by atoms with van der Waals surface area (Å²) in [5.74, 6) is -0.875. The number of anilines is 1. The summed E-state index contributed by atoms with van der Waals surface area (Å²) in [5, 5.41) is 2.62. The van der Waals surface area contributed by atoms with E-state index in [2.05, 4.69) is 5.32 Å². The standard InChI is InChI=1S/C18H19FN2O4S/c1-13-12-21(9-10-25-13)26(23,24)17-4-2-3-14(11-17)18(22)20-16-7-5-15(19)6-8-16/h2-8,11,13H,9-10,12H2,1H3,(H,20,22). The van der Waals surface area contributed by atoms with Gasteiger partial charge in [-0.05, 0) is 49.4 Å². The maximum Gasteiger partial charge on any atom is 0.255 e. The molecule has 1 heterocycles. The number of hydrogen-bond acceptors (Lipinski definition) is 4. The van der Waals surface area contributed by atoms with Crippen LogP contribution in [0, 0.1) is 5.82 Å². The van der Waals surface area contributed by atoms with Crippen molar-refractivity contribution in [1.82, 2.24) is 4.31 Å². The lowest BCUT2D eigenvalue weighted by Crippen LogP contribution is -2.44. The molecular weight excluding hydrogens is 359 g/mol. The summed E-state index contributed by atoms with van der Waals surface area (Å²) >= 11 is 0. The van der Waals surface area contributed by atoms with Gasteiger partial charge in [0.1, 0.15) is 5.82 Å². The highest BCUT2D eigenvalue weighted by Gasteiger charge is 2.29. The van der Waals surface area contributed by atoms with Gasteiger partial charge in [0.2, 0.25) is 10.0 Å². The number of carbonyl (C=O) groups is 1. The quantitative estimate of drug-likeness (QED) is 0.887. The third-order valence-corrected chi connectivity index (χ3v) is 5.90. The number of sulfonamides is 1. The van der Waals surface area contributed by atoms with Gasteiger partial charge in [0, 0.05) is 24.3 Å². The number of nitrogens with zero attached hydrogens (tertiary/aromatic N) is 1. The number of amides is 1. The molecule has 3 rings (SSSR count). The predicted octanol–water partition coefficient (Wildman–Crippen LogP) is 2.49. The lowest BCUT2D eigenvalue weighted by atomic mass is 10.2. The van der Waals surface area contributed by atoms with Crippen molar-refractivity contribution in [1.29, 1.82) is 0 Å². The van der Waals surface area contributed by atoms with Crippen molar-refractivity contribution in [3.63, 3.8) is 0 Å². The Labute approximate surface area is 151 Å². The van der Waals surface area contributed by atoms with E-state index < -0.39 is 21.7 Å². The van der Waals surface area contributed by atoms with Crippen molar-refractivity contribution in [3.8, 4) is 0 Å². The van der Waals surface area contributed by atoms with E-state index in [1.54, 1.807) is 0 Å². The summed E-state index contributed by atoms with van der Waals surface area (Å²) in [6, 6.07) is 11.2. The van der Waals surface area contributed by atoms with E-state index in [1.165, 1.54) is 52.8 Å². The van der Waals surface area contributed by atoms with Crippen LogP contribution in [0.15, 0.2) is 53.4 Å². The Morgan fingerprint density at radius 2 is 1.96 bits per heavy atom. The van der Waals surface area contributed by atoms with Crippen molar-refractivity contribution in [2.75, 3.05) is 25.0 Å². The minimum Gasteiger partial charge on any atom is -0.376 e. The number of nitrogens with one attached hydrogen (secondary N) is 1. The molecule has 1 aliphatic heterocycles.